The molecule has 80 valence electrons. The van der Waals surface area contributed by atoms with E-state index >= 15 is 0 Å². The summed E-state index contributed by atoms with van der Waals surface area (Å²) in [5.41, 5.74) is 5.16. The van der Waals surface area contributed by atoms with E-state index in [0.29, 0.717) is 6.54 Å². The van der Waals surface area contributed by atoms with Gasteiger partial charge in [-0.1, -0.05) is 0 Å². The smallest absolute Gasteiger partial charge is 0.239 e. The summed E-state index contributed by atoms with van der Waals surface area (Å²) < 4.78 is 0. The predicted molar refractivity (Wildman–Crippen MR) is 52.4 cm³/mol. The Morgan fingerprint density at radius 1 is 1.50 bits per heavy atom. The van der Waals surface area contributed by atoms with Gasteiger partial charge in [0.25, 0.3) is 0 Å². The molecular formula is C9H17N3O2. The highest BCUT2D eigenvalue weighted by atomic mass is 16.2. The molecule has 0 spiro atoms. The van der Waals surface area contributed by atoms with Crippen LogP contribution in [0.2, 0.25) is 0 Å². The van der Waals surface area contributed by atoms with Crippen molar-refractivity contribution in [1.29, 1.82) is 0 Å². The number of carbonyl (C=O) groups is 2. The maximum atomic E-state index is 11.8. The van der Waals surface area contributed by atoms with Crippen molar-refractivity contribution in [1.82, 2.24) is 10.2 Å². The SMILES string of the molecule is CNC(=O)CN(C)C(=O)C1(CN)CC1. The molecule has 1 aliphatic carbocycles. The lowest BCUT2D eigenvalue weighted by Gasteiger charge is -2.21. The van der Waals surface area contributed by atoms with E-state index in [1.54, 1.807) is 14.1 Å². The largest absolute Gasteiger partial charge is 0.358 e. The first-order valence-corrected chi connectivity index (χ1v) is 4.72. The van der Waals surface area contributed by atoms with E-state index in [9.17, 15) is 9.59 Å². The van der Waals surface area contributed by atoms with E-state index in [-0.39, 0.29) is 23.8 Å². The Kier molecular flexibility index (Phi) is 3.10. The number of hydrogen-bond acceptors (Lipinski definition) is 3. The van der Waals surface area contributed by atoms with Crippen molar-refractivity contribution in [2.45, 2.75) is 12.8 Å². The third-order valence-corrected chi connectivity index (χ3v) is 2.70. The third kappa shape index (κ3) is 2.04. The number of nitrogens with zero attached hydrogens (tertiary/aromatic N) is 1. The monoisotopic (exact) mass is 199 g/mol. The lowest BCUT2D eigenvalue weighted by Crippen LogP contribution is -2.42. The number of likely N-dealkylation sites (N-methyl/N-ethyl adjacent to an activating group) is 2. The van der Waals surface area contributed by atoms with Gasteiger partial charge in [-0.25, -0.2) is 0 Å². The van der Waals surface area contributed by atoms with E-state index in [1.165, 1.54) is 4.90 Å². The minimum atomic E-state index is -0.358. The maximum Gasteiger partial charge on any atom is 0.239 e. The summed E-state index contributed by atoms with van der Waals surface area (Å²) in [7, 11) is 3.18. The van der Waals surface area contributed by atoms with Crippen LogP contribution in [0.3, 0.4) is 0 Å². The lowest BCUT2D eigenvalue weighted by molar-refractivity contribution is -0.138. The summed E-state index contributed by atoms with van der Waals surface area (Å²) in [6.07, 6.45) is 1.70. The van der Waals surface area contributed by atoms with Crippen molar-refractivity contribution in [2.24, 2.45) is 11.1 Å². The normalized spacial score (nSPS) is 17.4. The quantitative estimate of drug-likeness (QED) is 0.605. The van der Waals surface area contributed by atoms with Gasteiger partial charge in [-0.2, -0.15) is 0 Å². The average Bonchev–Trinajstić information content (AvgIpc) is 2.97. The molecule has 0 heterocycles. The fourth-order valence-corrected chi connectivity index (χ4v) is 1.43. The number of nitrogens with one attached hydrogen (secondary N) is 1. The van der Waals surface area contributed by atoms with Gasteiger partial charge in [-0.05, 0) is 12.8 Å². The van der Waals surface area contributed by atoms with Gasteiger partial charge in [0.2, 0.25) is 11.8 Å². The van der Waals surface area contributed by atoms with Crippen molar-refractivity contribution in [3.63, 3.8) is 0 Å². The summed E-state index contributed by atoms with van der Waals surface area (Å²) in [6, 6.07) is 0. The molecule has 0 aromatic heterocycles. The summed E-state index contributed by atoms with van der Waals surface area (Å²) in [6.45, 7) is 0.487. The van der Waals surface area contributed by atoms with Crippen molar-refractivity contribution in [2.75, 3.05) is 27.2 Å². The van der Waals surface area contributed by atoms with Gasteiger partial charge in [0, 0.05) is 20.6 Å². The van der Waals surface area contributed by atoms with Crippen LogP contribution in [0, 0.1) is 5.41 Å². The topological polar surface area (TPSA) is 75.4 Å². The standard InChI is InChI=1S/C9H17N3O2/c1-11-7(13)5-12(2)8(14)9(6-10)3-4-9/h3-6,10H2,1-2H3,(H,11,13). The van der Waals surface area contributed by atoms with E-state index in [0.717, 1.165) is 12.8 Å². The van der Waals surface area contributed by atoms with Gasteiger partial charge >= 0.3 is 0 Å². The molecule has 0 aliphatic heterocycles. The van der Waals surface area contributed by atoms with Gasteiger partial charge in [-0.15, -0.1) is 0 Å². The van der Waals surface area contributed by atoms with Crippen LogP contribution in [0.5, 0.6) is 0 Å². The van der Waals surface area contributed by atoms with Crippen LogP contribution in [0.25, 0.3) is 0 Å². The highest BCUT2D eigenvalue weighted by molar-refractivity contribution is 5.89. The molecule has 3 N–H and O–H groups in total. The Labute approximate surface area is 83.6 Å². The zero-order valence-electron chi connectivity index (χ0n) is 8.67. The summed E-state index contributed by atoms with van der Waals surface area (Å²) in [5.74, 6) is -0.169. The molecule has 1 fully saturated rings. The zero-order chi connectivity index (χ0) is 10.8. The highest BCUT2D eigenvalue weighted by Gasteiger charge is 2.49. The second-order valence-electron chi connectivity index (χ2n) is 3.82. The molecule has 0 unspecified atom stereocenters. The first-order chi connectivity index (χ1) is 6.55. The summed E-state index contributed by atoms with van der Waals surface area (Å²) in [4.78, 5) is 24.2. The van der Waals surface area contributed by atoms with Crippen LogP contribution in [-0.2, 0) is 9.59 Å². The van der Waals surface area contributed by atoms with Crippen molar-refractivity contribution in [3.8, 4) is 0 Å². The number of amides is 2. The van der Waals surface area contributed by atoms with Gasteiger partial charge < -0.3 is 16.0 Å². The van der Waals surface area contributed by atoms with E-state index in [1.807, 2.05) is 0 Å². The van der Waals surface area contributed by atoms with Gasteiger partial charge in [0.05, 0.1) is 12.0 Å². The number of rotatable bonds is 4. The van der Waals surface area contributed by atoms with E-state index in [2.05, 4.69) is 5.32 Å². The Balaban J connectivity index is 2.49. The Morgan fingerprint density at radius 3 is 2.43 bits per heavy atom. The van der Waals surface area contributed by atoms with Gasteiger partial charge in [-0.3, -0.25) is 9.59 Å². The van der Waals surface area contributed by atoms with Gasteiger partial charge in [0.1, 0.15) is 0 Å². The molecule has 0 atom stereocenters. The molecule has 0 saturated heterocycles. The van der Waals surface area contributed by atoms with Crippen LogP contribution in [0.15, 0.2) is 0 Å². The molecule has 1 rings (SSSR count). The van der Waals surface area contributed by atoms with Gasteiger partial charge in [0.15, 0.2) is 0 Å². The second kappa shape index (κ2) is 3.96. The number of nitrogens with two attached hydrogens (primary N) is 1. The Hall–Kier alpha value is -1.10. The van der Waals surface area contributed by atoms with Crippen molar-refractivity contribution in [3.05, 3.63) is 0 Å². The van der Waals surface area contributed by atoms with Crippen molar-refractivity contribution >= 4 is 11.8 Å². The molecule has 0 aromatic carbocycles. The molecule has 1 aliphatic rings. The molecule has 2 amide bonds. The van der Waals surface area contributed by atoms with E-state index in [4.69, 9.17) is 5.73 Å². The highest BCUT2D eigenvalue weighted by Crippen LogP contribution is 2.45. The predicted octanol–water partition coefficient (Wildman–Crippen LogP) is -1.07. The second-order valence-corrected chi connectivity index (χ2v) is 3.82. The minimum Gasteiger partial charge on any atom is -0.358 e. The van der Waals surface area contributed by atoms with Crippen LogP contribution in [0.4, 0.5) is 0 Å². The first-order valence-electron chi connectivity index (χ1n) is 4.72. The number of carbonyl (C=O) groups excluding carboxylic acids is 2. The fraction of sp³-hybridized carbons (Fsp3) is 0.778. The lowest BCUT2D eigenvalue weighted by atomic mass is 10.1. The third-order valence-electron chi connectivity index (χ3n) is 2.70. The molecule has 5 heteroatoms. The van der Waals surface area contributed by atoms with Crippen LogP contribution < -0.4 is 11.1 Å². The fourth-order valence-electron chi connectivity index (χ4n) is 1.43. The van der Waals surface area contributed by atoms with Crippen molar-refractivity contribution < 1.29 is 9.59 Å². The molecule has 5 nitrogen and oxygen atoms in total. The Bertz CT molecular complexity index is 248. The first kappa shape index (κ1) is 11.0. The average molecular weight is 199 g/mol. The summed E-state index contributed by atoms with van der Waals surface area (Å²) in [5, 5.41) is 2.48. The number of hydrogen-bond donors (Lipinski definition) is 2. The van der Waals surface area contributed by atoms with E-state index < -0.39 is 0 Å². The van der Waals surface area contributed by atoms with Crippen LogP contribution >= 0.6 is 0 Å². The molecule has 0 bridgehead atoms. The summed E-state index contributed by atoms with van der Waals surface area (Å²) >= 11 is 0. The Morgan fingerprint density at radius 2 is 2.07 bits per heavy atom. The molecule has 1 saturated carbocycles. The molecule has 14 heavy (non-hydrogen) atoms. The van der Waals surface area contributed by atoms with Crippen LogP contribution in [0.1, 0.15) is 12.8 Å². The molecule has 0 aromatic rings. The molecular weight excluding hydrogens is 182 g/mol. The minimum absolute atomic E-state index is 0.0106. The van der Waals surface area contributed by atoms with Crippen LogP contribution in [-0.4, -0.2) is 43.9 Å². The zero-order valence-corrected chi connectivity index (χ0v) is 8.67. The maximum absolute atomic E-state index is 11.8. The molecule has 0 radical (unpaired) electrons.